The number of hydrogen-bond donors (Lipinski definition) is 1. The third-order valence-corrected chi connectivity index (χ3v) is 5.73. The summed E-state index contributed by atoms with van der Waals surface area (Å²) in [4.78, 5) is 29.5. The van der Waals surface area contributed by atoms with Gasteiger partial charge in [0.2, 0.25) is 0 Å². The Morgan fingerprint density at radius 3 is 2.53 bits per heavy atom. The Hall–Kier alpha value is -3.19. The molecule has 0 aromatic heterocycles. The van der Waals surface area contributed by atoms with Crippen LogP contribution in [0.5, 0.6) is 5.75 Å². The van der Waals surface area contributed by atoms with Gasteiger partial charge in [0.25, 0.3) is 11.8 Å². The Morgan fingerprint density at radius 2 is 1.83 bits per heavy atom. The maximum atomic E-state index is 13.2. The van der Waals surface area contributed by atoms with Crippen molar-refractivity contribution < 1.29 is 14.3 Å². The van der Waals surface area contributed by atoms with E-state index in [1.165, 1.54) is 17.7 Å². The van der Waals surface area contributed by atoms with E-state index in [9.17, 15) is 9.59 Å². The number of nitrogens with zero attached hydrogens (tertiary/aromatic N) is 2. The molecular formula is C23H23N3O3S. The average molecular weight is 422 g/mol. The van der Waals surface area contributed by atoms with Crippen LogP contribution < -0.4 is 19.9 Å². The average Bonchev–Trinajstić information content (AvgIpc) is 3.27. The molecule has 2 aliphatic rings. The van der Waals surface area contributed by atoms with Crippen LogP contribution in [0.4, 0.5) is 11.4 Å². The predicted octanol–water partition coefficient (Wildman–Crippen LogP) is 3.44. The number of nitrogens with one attached hydrogen (secondary N) is 1. The SMILES string of the molecule is COc1cc(N2CCCC2)ccc1/C=C1\C(=O)NC(=S)N(c2ccccc2C)C1=O. The highest BCUT2D eigenvalue weighted by atomic mass is 32.1. The van der Waals surface area contributed by atoms with Crippen molar-refractivity contribution in [3.8, 4) is 5.75 Å². The minimum absolute atomic E-state index is 0.0130. The number of rotatable bonds is 4. The third-order valence-electron chi connectivity index (χ3n) is 5.45. The Morgan fingerprint density at radius 1 is 1.10 bits per heavy atom. The number of aryl methyl sites for hydroxylation is 1. The molecule has 2 saturated heterocycles. The molecule has 4 rings (SSSR count). The molecule has 0 aliphatic carbocycles. The van der Waals surface area contributed by atoms with Gasteiger partial charge in [-0.1, -0.05) is 18.2 Å². The van der Waals surface area contributed by atoms with Crippen molar-refractivity contribution in [3.05, 3.63) is 59.2 Å². The van der Waals surface area contributed by atoms with E-state index in [4.69, 9.17) is 17.0 Å². The van der Waals surface area contributed by atoms with E-state index in [1.54, 1.807) is 19.3 Å². The van der Waals surface area contributed by atoms with E-state index in [0.29, 0.717) is 17.0 Å². The molecule has 0 saturated carbocycles. The zero-order chi connectivity index (χ0) is 21.3. The van der Waals surface area contributed by atoms with Gasteiger partial charge < -0.3 is 9.64 Å². The summed E-state index contributed by atoms with van der Waals surface area (Å²) < 4.78 is 5.56. The molecule has 1 N–H and O–H groups in total. The van der Waals surface area contributed by atoms with E-state index < -0.39 is 11.8 Å². The molecule has 7 heteroatoms. The van der Waals surface area contributed by atoms with E-state index in [2.05, 4.69) is 10.2 Å². The summed E-state index contributed by atoms with van der Waals surface area (Å²) in [5, 5.41) is 2.71. The molecule has 2 fully saturated rings. The molecule has 30 heavy (non-hydrogen) atoms. The Bertz CT molecular complexity index is 1060. The van der Waals surface area contributed by atoms with E-state index >= 15 is 0 Å². The van der Waals surface area contributed by atoms with Crippen LogP contribution >= 0.6 is 12.2 Å². The summed E-state index contributed by atoms with van der Waals surface area (Å²) in [6.45, 7) is 3.94. The second-order valence-corrected chi connectivity index (χ2v) is 7.75. The topological polar surface area (TPSA) is 61.9 Å². The summed E-state index contributed by atoms with van der Waals surface area (Å²) in [5.74, 6) is -0.354. The molecule has 0 atom stereocenters. The molecule has 0 unspecified atom stereocenters. The zero-order valence-corrected chi connectivity index (χ0v) is 17.8. The summed E-state index contributed by atoms with van der Waals surface area (Å²) in [7, 11) is 1.59. The number of carbonyl (C=O) groups is 2. The molecule has 2 aliphatic heterocycles. The lowest BCUT2D eigenvalue weighted by atomic mass is 10.0. The van der Waals surface area contributed by atoms with Crippen molar-refractivity contribution in [3.63, 3.8) is 0 Å². The highest BCUT2D eigenvalue weighted by Crippen LogP contribution is 2.31. The fourth-order valence-electron chi connectivity index (χ4n) is 3.84. The number of carbonyl (C=O) groups excluding carboxylic acids is 2. The van der Waals surface area contributed by atoms with Gasteiger partial charge in [0.05, 0.1) is 12.8 Å². The summed E-state index contributed by atoms with van der Waals surface area (Å²) in [6.07, 6.45) is 3.92. The van der Waals surface area contributed by atoms with Crippen LogP contribution in [0.1, 0.15) is 24.0 Å². The number of amides is 2. The van der Waals surface area contributed by atoms with Gasteiger partial charge in [-0.25, -0.2) is 0 Å². The van der Waals surface area contributed by atoms with Gasteiger partial charge >= 0.3 is 0 Å². The fraction of sp³-hybridized carbons (Fsp3) is 0.261. The van der Waals surface area contributed by atoms with Crippen LogP contribution in [-0.4, -0.2) is 37.1 Å². The fourth-order valence-corrected chi connectivity index (χ4v) is 4.11. The zero-order valence-electron chi connectivity index (χ0n) is 17.0. The standard InChI is InChI=1S/C23H23N3O3S/c1-15-7-3-4-8-19(15)26-22(28)18(21(27)24-23(26)30)13-16-9-10-17(14-20(16)29-2)25-11-5-6-12-25/h3-4,7-10,13-14H,5-6,11-12H2,1-2H3,(H,24,27,30)/b18-13+. The Kier molecular flexibility index (Phi) is 5.55. The van der Waals surface area contributed by atoms with Crippen LogP contribution in [0.2, 0.25) is 0 Å². The van der Waals surface area contributed by atoms with Crippen LogP contribution in [-0.2, 0) is 9.59 Å². The Labute approximate surface area is 181 Å². The van der Waals surface area contributed by atoms with E-state index in [-0.39, 0.29) is 10.7 Å². The maximum absolute atomic E-state index is 13.2. The minimum Gasteiger partial charge on any atom is -0.496 e. The second-order valence-electron chi connectivity index (χ2n) is 7.36. The van der Waals surface area contributed by atoms with Crippen molar-refractivity contribution in [1.29, 1.82) is 0 Å². The molecule has 0 radical (unpaired) electrons. The number of ether oxygens (including phenoxy) is 1. The number of methoxy groups -OCH3 is 1. The van der Waals surface area contributed by atoms with Gasteiger partial charge in [0, 0.05) is 30.4 Å². The van der Waals surface area contributed by atoms with Gasteiger partial charge in [-0.05, 0) is 61.8 Å². The summed E-state index contributed by atoms with van der Waals surface area (Å²) in [5.41, 5.74) is 3.29. The largest absolute Gasteiger partial charge is 0.496 e. The van der Waals surface area contributed by atoms with Crippen LogP contribution in [0.3, 0.4) is 0 Å². The molecule has 2 heterocycles. The first-order valence-electron chi connectivity index (χ1n) is 9.89. The van der Waals surface area contributed by atoms with Gasteiger partial charge in [-0.3, -0.25) is 19.8 Å². The van der Waals surface area contributed by atoms with E-state index in [1.807, 2.05) is 43.3 Å². The number of para-hydroxylation sites is 1. The van der Waals surface area contributed by atoms with Crippen LogP contribution in [0.15, 0.2) is 48.0 Å². The number of thiocarbonyl (C=S) groups is 1. The lowest BCUT2D eigenvalue weighted by molar-refractivity contribution is -0.122. The molecule has 2 amide bonds. The van der Waals surface area contributed by atoms with Crippen molar-refractivity contribution >= 4 is 46.6 Å². The van der Waals surface area contributed by atoms with Gasteiger partial charge in [0.1, 0.15) is 11.3 Å². The molecule has 0 spiro atoms. The van der Waals surface area contributed by atoms with Crippen molar-refractivity contribution in [2.75, 3.05) is 30.0 Å². The lowest BCUT2D eigenvalue weighted by Crippen LogP contribution is -2.54. The minimum atomic E-state index is -0.513. The molecular weight excluding hydrogens is 398 g/mol. The monoisotopic (exact) mass is 421 g/mol. The number of hydrogen-bond acceptors (Lipinski definition) is 5. The molecule has 2 aromatic rings. The van der Waals surface area contributed by atoms with Gasteiger partial charge in [0.15, 0.2) is 5.11 Å². The normalized spacial score (nSPS) is 18.2. The van der Waals surface area contributed by atoms with Gasteiger partial charge in [-0.15, -0.1) is 0 Å². The summed E-state index contributed by atoms with van der Waals surface area (Å²) in [6, 6.07) is 13.2. The Balaban J connectivity index is 1.71. The highest BCUT2D eigenvalue weighted by molar-refractivity contribution is 7.80. The van der Waals surface area contributed by atoms with Crippen molar-refractivity contribution in [2.24, 2.45) is 0 Å². The molecule has 0 bridgehead atoms. The van der Waals surface area contributed by atoms with Crippen molar-refractivity contribution in [2.45, 2.75) is 19.8 Å². The number of anilines is 2. The van der Waals surface area contributed by atoms with Gasteiger partial charge in [-0.2, -0.15) is 0 Å². The third kappa shape index (κ3) is 3.68. The molecule has 154 valence electrons. The molecule has 2 aromatic carbocycles. The summed E-state index contributed by atoms with van der Waals surface area (Å²) >= 11 is 5.28. The lowest BCUT2D eigenvalue weighted by Gasteiger charge is -2.30. The predicted molar refractivity (Wildman–Crippen MR) is 122 cm³/mol. The first kappa shape index (κ1) is 20.1. The van der Waals surface area contributed by atoms with Crippen molar-refractivity contribution in [1.82, 2.24) is 5.32 Å². The first-order chi connectivity index (χ1) is 14.5. The second kappa shape index (κ2) is 8.28. The van der Waals surface area contributed by atoms with Crippen LogP contribution in [0.25, 0.3) is 6.08 Å². The van der Waals surface area contributed by atoms with E-state index in [0.717, 1.165) is 24.3 Å². The smallest absolute Gasteiger partial charge is 0.270 e. The number of benzene rings is 2. The van der Waals surface area contributed by atoms with Crippen LogP contribution in [0, 0.1) is 6.92 Å². The quantitative estimate of drug-likeness (QED) is 0.466. The maximum Gasteiger partial charge on any atom is 0.270 e. The highest BCUT2D eigenvalue weighted by Gasteiger charge is 2.35. The molecule has 6 nitrogen and oxygen atoms in total. The first-order valence-corrected chi connectivity index (χ1v) is 10.3.